The Labute approximate surface area is 102 Å². The lowest BCUT2D eigenvalue weighted by molar-refractivity contribution is 0.310. The quantitative estimate of drug-likeness (QED) is 0.628. The van der Waals surface area contributed by atoms with E-state index in [-0.39, 0.29) is 0 Å². The van der Waals surface area contributed by atoms with Gasteiger partial charge in [0.2, 0.25) is 0 Å². The van der Waals surface area contributed by atoms with Crippen LogP contribution in [0.2, 0.25) is 0 Å². The van der Waals surface area contributed by atoms with Crippen LogP contribution in [0.1, 0.15) is 12.0 Å². The largest absolute Gasteiger partial charge is 0.493 e. The summed E-state index contributed by atoms with van der Waals surface area (Å²) in [5.41, 5.74) is 7.63. The minimum absolute atomic E-state index is 0.704. The Bertz CT molecular complexity index is 436. The van der Waals surface area contributed by atoms with Crippen molar-refractivity contribution >= 4 is 5.69 Å². The Morgan fingerprint density at radius 3 is 2.59 bits per heavy atom. The Morgan fingerprint density at radius 1 is 1.06 bits per heavy atom. The van der Waals surface area contributed by atoms with Crippen LogP contribution >= 0.6 is 0 Å². The molecule has 1 radical (unpaired) electrons. The van der Waals surface area contributed by atoms with Crippen LogP contribution in [0.25, 0.3) is 0 Å². The van der Waals surface area contributed by atoms with Gasteiger partial charge in [0.15, 0.2) is 0 Å². The molecule has 2 aromatic rings. The molecular formula is C15H16NO. The lowest BCUT2D eigenvalue weighted by atomic mass is 10.1. The Kier molecular flexibility index (Phi) is 4.03. The summed E-state index contributed by atoms with van der Waals surface area (Å²) >= 11 is 0. The van der Waals surface area contributed by atoms with E-state index < -0.39 is 0 Å². The highest BCUT2D eigenvalue weighted by Gasteiger charge is 1.95. The van der Waals surface area contributed by atoms with E-state index in [4.69, 9.17) is 10.5 Å². The van der Waals surface area contributed by atoms with Crippen LogP contribution in [-0.4, -0.2) is 6.61 Å². The zero-order valence-corrected chi connectivity index (χ0v) is 9.73. The molecule has 0 spiro atoms. The number of hydrogen-bond acceptors (Lipinski definition) is 2. The zero-order valence-electron chi connectivity index (χ0n) is 9.73. The van der Waals surface area contributed by atoms with Crippen molar-refractivity contribution in [3.8, 4) is 5.75 Å². The van der Waals surface area contributed by atoms with E-state index in [1.807, 2.05) is 18.2 Å². The summed E-state index contributed by atoms with van der Waals surface area (Å²) in [4.78, 5) is 0. The first-order valence-electron chi connectivity index (χ1n) is 5.78. The summed E-state index contributed by atoms with van der Waals surface area (Å²) in [7, 11) is 0. The average Bonchev–Trinajstić information content (AvgIpc) is 2.38. The summed E-state index contributed by atoms with van der Waals surface area (Å²) in [6, 6.07) is 18.8. The van der Waals surface area contributed by atoms with Gasteiger partial charge in [-0.3, -0.25) is 0 Å². The fourth-order valence-electron chi connectivity index (χ4n) is 1.62. The van der Waals surface area contributed by atoms with E-state index in [1.54, 1.807) is 6.07 Å². The summed E-state index contributed by atoms with van der Waals surface area (Å²) < 4.78 is 5.57. The highest BCUT2D eigenvalue weighted by Crippen LogP contribution is 2.12. The average molecular weight is 226 g/mol. The second-order valence-corrected chi connectivity index (χ2v) is 3.92. The summed E-state index contributed by atoms with van der Waals surface area (Å²) in [6.45, 7) is 0.704. The molecule has 87 valence electrons. The van der Waals surface area contributed by atoms with Gasteiger partial charge in [-0.1, -0.05) is 30.3 Å². The smallest absolute Gasteiger partial charge is 0.127 e. The van der Waals surface area contributed by atoms with Gasteiger partial charge in [-0.15, -0.1) is 0 Å². The van der Waals surface area contributed by atoms with Gasteiger partial charge in [0, 0.05) is 11.8 Å². The van der Waals surface area contributed by atoms with Gasteiger partial charge in [-0.25, -0.2) is 0 Å². The molecule has 0 saturated carbocycles. The van der Waals surface area contributed by atoms with E-state index in [9.17, 15) is 0 Å². The number of rotatable bonds is 5. The van der Waals surface area contributed by atoms with Crippen LogP contribution in [0, 0.1) is 6.07 Å². The monoisotopic (exact) mass is 226 g/mol. The van der Waals surface area contributed by atoms with E-state index in [2.05, 4.69) is 30.3 Å². The predicted octanol–water partition coefficient (Wildman–Crippen LogP) is 3.08. The fourth-order valence-corrected chi connectivity index (χ4v) is 1.62. The molecule has 2 rings (SSSR count). The number of nitrogens with two attached hydrogens (primary N) is 1. The number of hydrogen-bond donors (Lipinski definition) is 1. The summed E-state index contributed by atoms with van der Waals surface area (Å²) in [5.74, 6) is 0.757. The highest BCUT2D eigenvalue weighted by atomic mass is 16.5. The Hall–Kier alpha value is -1.96. The van der Waals surface area contributed by atoms with E-state index in [0.29, 0.717) is 12.3 Å². The normalized spacial score (nSPS) is 10.1. The van der Waals surface area contributed by atoms with Gasteiger partial charge in [0.05, 0.1) is 6.61 Å². The second-order valence-electron chi connectivity index (χ2n) is 3.92. The molecular weight excluding hydrogens is 210 g/mol. The van der Waals surface area contributed by atoms with Crippen LogP contribution in [0.4, 0.5) is 5.69 Å². The van der Waals surface area contributed by atoms with Gasteiger partial charge < -0.3 is 10.5 Å². The summed E-state index contributed by atoms with van der Waals surface area (Å²) in [5, 5.41) is 0. The number of aryl methyl sites for hydroxylation is 1. The van der Waals surface area contributed by atoms with Gasteiger partial charge in [0.1, 0.15) is 5.75 Å². The molecule has 0 heterocycles. The third kappa shape index (κ3) is 3.83. The maximum atomic E-state index is 5.57. The molecule has 2 aromatic carbocycles. The van der Waals surface area contributed by atoms with Crippen molar-refractivity contribution in [2.45, 2.75) is 12.8 Å². The van der Waals surface area contributed by atoms with Crippen LogP contribution in [0.3, 0.4) is 0 Å². The van der Waals surface area contributed by atoms with Crippen molar-refractivity contribution in [3.05, 3.63) is 60.2 Å². The van der Waals surface area contributed by atoms with Crippen molar-refractivity contribution in [2.75, 3.05) is 12.3 Å². The molecule has 0 aliphatic heterocycles. The molecule has 0 atom stereocenters. The minimum atomic E-state index is 0.704. The fraction of sp³-hybridized carbons (Fsp3) is 0.200. The van der Waals surface area contributed by atoms with E-state index in [0.717, 1.165) is 18.6 Å². The van der Waals surface area contributed by atoms with Crippen molar-refractivity contribution in [2.24, 2.45) is 0 Å². The Balaban J connectivity index is 1.71. The van der Waals surface area contributed by atoms with E-state index >= 15 is 0 Å². The molecule has 0 aromatic heterocycles. The van der Waals surface area contributed by atoms with Gasteiger partial charge in [0.25, 0.3) is 0 Å². The number of nitrogen functional groups attached to an aromatic ring is 1. The third-order valence-electron chi connectivity index (χ3n) is 2.52. The van der Waals surface area contributed by atoms with Crippen LogP contribution in [0.5, 0.6) is 5.75 Å². The van der Waals surface area contributed by atoms with Crippen molar-refractivity contribution in [1.29, 1.82) is 0 Å². The lowest BCUT2D eigenvalue weighted by Crippen LogP contribution is -1.99. The molecule has 2 heteroatoms. The number of anilines is 1. The Morgan fingerprint density at radius 2 is 1.88 bits per heavy atom. The van der Waals surface area contributed by atoms with Crippen LogP contribution in [0.15, 0.2) is 48.5 Å². The zero-order chi connectivity index (χ0) is 11.9. The predicted molar refractivity (Wildman–Crippen MR) is 69.9 cm³/mol. The third-order valence-corrected chi connectivity index (χ3v) is 2.52. The number of ether oxygens (including phenoxy) is 1. The molecule has 2 nitrogen and oxygen atoms in total. The molecule has 17 heavy (non-hydrogen) atoms. The first-order valence-corrected chi connectivity index (χ1v) is 5.78. The van der Waals surface area contributed by atoms with Gasteiger partial charge in [-0.2, -0.15) is 0 Å². The van der Waals surface area contributed by atoms with E-state index in [1.165, 1.54) is 5.56 Å². The first-order chi connectivity index (χ1) is 8.34. The molecule has 0 bridgehead atoms. The van der Waals surface area contributed by atoms with Crippen LogP contribution in [-0.2, 0) is 6.42 Å². The standard InChI is InChI=1S/C15H16NO/c16-14-8-10-15(11-9-14)17-12-4-7-13-5-2-1-3-6-13/h1-3,5-6,8-10H,4,7,12,16H2. The van der Waals surface area contributed by atoms with Gasteiger partial charge in [-0.05, 0) is 36.6 Å². The topological polar surface area (TPSA) is 35.2 Å². The van der Waals surface area contributed by atoms with Crippen LogP contribution < -0.4 is 10.5 Å². The molecule has 0 saturated heterocycles. The first kappa shape index (κ1) is 11.5. The SMILES string of the molecule is Nc1c[c]c(OCCCc2ccccc2)cc1. The minimum Gasteiger partial charge on any atom is -0.493 e. The lowest BCUT2D eigenvalue weighted by Gasteiger charge is -2.05. The summed E-state index contributed by atoms with van der Waals surface area (Å²) in [6.07, 6.45) is 2.04. The van der Waals surface area contributed by atoms with Gasteiger partial charge >= 0.3 is 0 Å². The molecule has 2 N–H and O–H groups in total. The maximum absolute atomic E-state index is 5.57. The maximum Gasteiger partial charge on any atom is 0.127 e. The molecule has 0 fully saturated rings. The molecule has 0 aliphatic rings. The highest BCUT2D eigenvalue weighted by molar-refractivity contribution is 5.40. The van der Waals surface area contributed by atoms with Crippen molar-refractivity contribution < 1.29 is 4.74 Å². The second kappa shape index (κ2) is 5.94. The van der Waals surface area contributed by atoms with Crippen molar-refractivity contribution in [1.82, 2.24) is 0 Å². The molecule has 0 aliphatic carbocycles. The molecule has 0 amide bonds. The molecule has 0 unspecified atom stereocenters. The number of benzene rings is 2. The van der Waals surface area contributed by atoms with Crippen molar-refractivity contribution in [3.63, 3.8) is 0 Å².